The minimum absolute atomic E-state index is 0.889. The number of hydrogen-bond donors (Lipinski definition) is 0. The molecule has 0 aliphatic rings. The van der Waals surface area contributed by atoms with Crippen LogP contribution in [0.3, 0.4) is 0 Å². The predicted octanol–water partition coefficient (Wildman–Crippen LogP) is 1.25. The fraction of sp³-hybridized carbons (Fsp3) is 0.200. The zero-order valence-corrected chi connectivity index (χ0v) is 4.09. The minimum Gasteiger partial charge on any atom is -0.365 e. The van der Waals surface area contributed by atoms with Gasteiger partial charge < -0.3 is 4.52 Å². The van der Waals surface area contributed by atoms with Crippen molar-refractivity contribution in [3.63, 3.8) is 0 Å². The van der Waals surface area contributed by atoms with Gasteiger partial charge in [-0.25, -0.2) is 0 Å². The van der Waals surface area contributed by atoms with Crippen LogP contribution in [0.5, 0.6) is 0 Å². The van der Waals surface area contributed by atoms with E-state index in [4.69, 9.17) is 0 Å². The first-order valence-corrected chi connectivity index (χ1v) is 2.13. The Morgan fingerprint density at radius 1 is 1.86 bits per heavy atom. The highest BCUT2D eigenvalue weighted by Gasteiger charge is 1.86. The molecule has 0 bridgehead atoms. The molecule has 0 aliphatic carbocycles. The fourth-order valence-corrected chi connectivity index (χ4v) is 0.371. The quantitative estimate of drug-likeness (QED) is 0.525. The highest BCUT2D eigenvalue weighted by Crippen LogP contribution is 1.94. The second-order valence-corrected chi connectivity index (χ2v) is 1.21. The maximum absolute atomic E-state index is 4.52. The molecule has 2 nitrogen and oxygen atoms in total. The summed E-state index contributed by atoms with van der Waals surface area (Å²) in [4.78, 5) is 0. The molecule has 1 aromatic heterocycles. The molecule has 0 unspecified atom stereocenters. The van der Waals surface area contributed by atoms with Crippen molar-refractivity contribution in [2.45, 2.75) is 6.92 Å². The maximum atomic E-state index is 4.52. The molecule has 1 heterocycles. The van der Waals surface area contributed by atoms with Crippen molar-refractivity contribution in [1.82, 2.24) is 5.16 Å². The van der Waals surface area contributed by atoms with Crippen LogP contribution in [0.25, 0.3) is 0 Å². The van der Waals surface area contributed by atoms with Gasteiger partial charge >= 0.3 is 0 Å². The van der Waals surface area contributed by atoms with E-state index in [2.05, 4.69) is 9.68 Å². The molecule has 0 atom stereocenters. The summed E-state index contributed by atoms with van der Waals surface area (Å²) in [5, 5.41) is 3.60. The highest BCUT2D eigenvalue weighted by molar-refractivity contribution is 5.04. The van der Waals surface area contributed by atoms with Crippen LogP contribution in [0.4, 0.5) is 0 Å². The van der Waals surface area contributed by atoms with E-state index in [0.717, 1.165) is 5.69 Å². The first kappa shape index (κ1) is 4.37. The van der Waals surface area contributed by atoms with E-state index in [-0.39, 0.29) is 0 Å². The Morgan fingerprint density at radius 3 is 3.00 bits per heavy atom. The standard InChI is InChI=1S/C5H6NO/c1-2-5-3-4-7-6-5/h2-4H,1H3. The van der Waals surface area contributed by atoms with Crippen LogP contribution >= 0.6 is 0 Å². The molecular weight excluding hydrogens is 90.1 g/mol. The van der Waals surface area contributed by atoms with Gasteiger partial charge in [-0.15, -0.1) is 0 Å². The lowest BCUT2D eigenvalue weighted by molar-refractivity contribution is 0.416. The van der Waals surface area contributed by atoms with E-state index in [1.807, 2.05) is 13.3 Å². The summed E-state index contributed by atoms with van der Waals surface area (Å²) in [6.45, 7) is 1.91. The van der Waals surface area contributed by atoms with Crippen LogP contribution in [0.15, 0.2) is 16.9 Å². The molecule has 0 spiro atoms. The molecule has 0 aliphatic heterocycles. The van der Waals surface area contributed by atoms with Gasteiger partial charge in [-0.1, -0.05) is 12.1 Å². The third-order valence-electron chi connectivity index (χ3n) is 0.754. The SMILES string of the molecule is C[CH]c1ccon1. The van der Waals surface area contributed by atoms with Crippen LogP contribution in [-0.2, 0) is 0 Å². The van der Waals surface area contributed by atoms with Crippen LogP contribution in [0.1, 0.15) is 12.6 Å². The van der Waals surface area contributed by atoms with Gasteiger partial charge in [-0.05, 0) is 0 Å². The van der Waals surface area contributed by atoms with Gasteiger partial charge in [-0.3, -0.25) is 0 Å². The molecule has 2 heteroatoms. The van der Waals surface area contributed by atoms with Crippen molar-refractivity contribution in [3.05, 3.63) is 24.4 Å². The summed E-state index contributed by atoms with van der Waals surface area (Å²) in [6, 6.07) is 1.81. The topological polar surface area (TPSA) is 26.0 Å². The van der Waals surface area contributed by atoms with Crippen molar-refractivity contribution < 1.29 is 4.52 Å². The average molecular weight is 96.1 g/mol. The second kappa shape index (κ2) is 1.78. The molecule has 0 amide bonds. The van der Waals surface area contributed by atoms with Crippen molar-refractivity contribution in [3.8, 4) is 0 Å². The molecule has 0 fully saturated rings. The van der Waals surface area contributed by atoms with Gasteiger partial charge in [0.1, 0.15) is 6.26 Å². The minimum atomic E-state index is 0.889. The third kappa shape index (κ3) is 0.796. The third-order valence-corrected chi connectivity index (χ3v) is 0.754. The molecule has 0 saturated carbocycles. The summed E-state index contributed by atoms with van der Waals surface area (Å²) in [5.41, 5.74) is 0.889. The fourth-order valence-electron chi connectivity index (χ4n) is 0.371. The Kier molecular flexibility index (Phi) is 1.11. The van der Waals surface area contributed by atoms with E-state index >= 15 is 0 Å². The highest BCUT2D eigenvalue weighted by atomic mass is 16.5. The van der Waals surface area contributed by atoms with Crippen LogP contribution in [-0.4, -0.2) is 5.16 Å². The van der Waals surface area contributed by atoms with Gasteiger partial charge in [0.25, 0.3) is 0 Å². The normalized spacial score (nSPS) is 9.29. The smallest absolute Gasteiger partial charge is 0.124 e. The Labute approximate surface area is 42.1 Å². The monoisotopic (exact) mass is 96.0 g/mol. The Balaban J connectivity index is 2.76. The summed E-state index contributed by atoms with van der Waals surface area (Å²) in [5.74, 6) is 0. The van der Waals surface area contributed by atoms with Crippen molar-refractivity contribution in [2.24, 2.45) is 0 Å². The summed E-state index contributed by atoms with van der Waals surface area (Å²) < 4.78 is 4.52. The van der Waals surface area contributed by atoms with E-state index in [0.29, 0.717) is 0 Å². The summed E-state index contributed by atoms with van der Waals surface area (Å²) in [6.07, 6.45) is 3.43. The van der Waals surface area contributed by atoms with Crippen LogP contribution in [0.2, 0.25) is 0 Å². The molecule has 0 aromatic carbocycles. The first-order chi connectivity index (χ1) is 3.43. The molecule has 7 heavy (non-hydrogen) atoms. The number of aromatic nitrogens is 1. The Bertz CT molecular complexity index is 123. The number of hydrogen-bond acceptors (Lipinski definition) is 2. The van der Waals surface area contributed by atoms with E-state index in [1.165, 1.54) is 0 Å². The molecular formula is C5H6NO. The van der Waals surface area contributed by atoms with Crippen LogP contribution < -0.4 is 0 Å². The molecule has 0 N–H and O–H groups in total. The largest absolute Gasteiger partial charge is 0.365 e. The summed E-state index contributed by atoms with van der Waals surface area (Å²) >= 11 is 0. The maximum Gasteiger partial charge on any atom is 0.124 e. The lowest BCUT2D eigenvalue weighted by Gasteiger charge is -1.74. The van der Waals surface area contributed by atoms with Crippen molar-refractivity contribution >= 4 is 0 Å². The van der Waals surface area contributed by atoms with Gasteiger partial charge in [0.2, 0.25) is 0 Å². The van der Waals surface area contributed by atoms with E-state index in [9.17, 15) is 0 Å². The molecule has 1 aromatic rings. The number of nitrogens with zero attached hydrogens (tertiary/aromatic N) is 1. The van der Waals surface area contributed by atoms with Crippen molar-refractivity contribution in [1.29, 1.82) is 0 Å². The second-order valence-electron chi connectivity index (χ2n) is 1.21. The van der Waals surface area contributed by atoms with Gasteiger partial charge in [0.15, 0.2) is 0 Å². The Morgan fingerprint density at radius 2 is 2.71 bits per heavy atom. The van der Waals surface area contributed by atoms with Crippen LogP contribution in [0, 0.1) is 6.42 Å². The molecule has 1 radical (unpaired) electrons. The summed E-state index contributed by atoms with van der Waals surface area (Å²) in [7, 11) is 0. The van der Waals surface area contributed by atoms with Crippen molar-refractivity contribution in [2.75, 3.05) is 0 Å². The molecule has 37 valence electrons. The number of rotatable bonds is 1. The first-order valence-electron chi connectivity index (χ1n) is 2.13. The lowest BCUT2D eigenvalue weighted by Crippen LogP contribution is -1.70. The van der Waals surface area contributed by atoms with E-state index < -0.39 is 0 Å². The average Bonchev–Trinajstić information content (AvgIpc) is 2.14. The molecule has 1 rings (SSSR count). The van der Waals surface area contributed by atoms with Gasteiger partial charge in [0.05, 0.1) is 5.69 Å². The molecule has 0 saturated heterocycles. The zero-order chi connectivity index (χ0) is 5.11. The predicted molar refractivity (Wildman–Crippen MR) is 25.6 cm³/mol. The van der Waals surface area contributed by atoms with Gasteiger partial charge in [-0.2, -0.15) is 0 Å². The Hall–Kier alpha value is -0.790. The van der Waals surface area contributed by atoms with E-state index in [1.54, 1.807) is 12.3 Å². The zero-order valence-electron chi connectivity index (χ0n) is 4.09. The lowest BCUT2D eigenvalue weighted by atomic mass is 10.4. The van der Waals surface area contributed by atoms with Gasteiger partial charge in [0, 0.05) is 12.5 Å².